The molecular formula is C16H25N3O4S2. The number of nitrogens with zero attached hydrogens (tertiary/aromatic N) is 2. The summed E-state index contributed by atoms with van der Waals surface area (Å²) in [7, 11) is -1.97. The van der Waals surface area contributed by atoms with Crippen molar-refractivity contribution in [3.8, 4) is 0 Å². The van der Waals surface area contributed by atoms with E-state index in [4.69, 9.17) is 0 Å². The zero-order valence-electron chi connectivity index (χ0n) is 14.8. The molecule has 0 aromatic carbocycles. The second kappa shape index (κ2) is 8.29. The molecule has 0 aliphatic carbocycles. The molecule has 0 bridgehead atoms. The maximum absolute atomic E-state index is 12.6. The molecule has 1 aromatic rings. The fraction of sp³-hybridized carbons (Fsp3) is 0.625. The zero-order chi connectivity index (χ0) is 18.6. The molecule has 2 heterocycles. The van der Waals surface area contributed by atoms with Gasteiger partial charge < -0.3 is 10.2 Å². The lowest BCUT2D eigenvalue weighted by Gasteiger charge is -2.32. The number of nitrogens with one attached hydrogen (secondary N) is 1. The fourth-order valence-corrected chi connectivity index (χ4v) is 5.54. The molecule has 0 radical (unpaired) electrons. The van der Waals surface area contributed by atoms with E-state index in [2.05, 4.69) is 5.32 Å². The van der Waals surface area contributed by atoms with E-state index in [-0.39, 0.29) is 30.9 Å². The van der Waals surface area contributed by atoms with Gasteiger partial charge in [0.2, 0.25) is 11.8 Å². The number of carbonyl (C=O) groups excluding carboxylic acids is 2. The van der Waals surface area contributed by atoms with Gasteiger partial charge in [0.05, 0.1) is 12.5 Å². The SMILES string of the molecule is CC(C)NC(=O)CN(C)C(=O)[C@@H]1CCCN(S(=O)(=O)c2cccs2)C1. The molecule has 7 nitrogen and oxygen atoms in total. The number of rotatable bonds is 6. The standard InChI is InChI=1S/C16H25N3O4S2/c1-12(2)17-14(20)11-18(3)16(21)13-6-4-8-19(10-13)25(22,23)15-7-5-9-24-15/h5,7,9,12-13H,4,6,8,10-11H2,1-3H3,(H,17,20)/t13-/m1/s1. The van der Waals surface area contributed by atoms with Crippen LogP contribution in [0, 0.1) is 5.92 Å². The number of carbonyl (C=O) groups is 2. The molecule has 1 aliphatic heterocycles. The van der Waals surface area contributed by atoms with E-state index in [0.29, 0.717) is 23.6 Å². The van der Waals surface area contributed by atoms with Gasteiger partial charge in [0, 0.05) is 26.2 Å². The first kappa shape index (κ1) is 19.9. The number of likely N-dealkylation sites (N-methyl/N-ethyl adjacent to an activating group) is 1. The Morgan fingerprint density at radius 3 is 2.76 bits per heavy atom. The van der Waals surface area contributed by atoms with E-state index < -0.39 is 15.9 Å². The highest BCUT2D eigenvalue weighted by Gasteiger charge is 2.35. The lowest BCUT2D eigenvalue weighted by molar-refractivity contribution is -0.139. The topological polar surface area (TPSA) is 86.8 Å². The molecule has 9 heteroatoms. The molecule has 2 amide bonds. The van der Waals surface area contributed by atoms with Crippen LogP contribution in [-0.4, -0.2) is 62.2 Å². The molecule has 1 aromatic heterocycles. The molecule has 1 aliphatic rings. The highest BCUT2D eigenvalue weighted by atomic mass is 32.2. The van der Waals surface area contributed by atoms with Crippen LogP contribution in [0.1, 0.15) is 26.7 Å². The Bertz CT molecular complexity index is 701. The number of piperidine rings is 1. The van der Waals surface area contributed by atoms with Crippen molar-refractivity contribution < 1.29 is 18.0 Å². The lowest BCUT2D eigenvalue weighted by atomic mass is 9.98. The summed E-state index contributed by atoms with van der Waals surface area (Å²) in [5.41, 5.74) is 0. The van der Waals surface area contributed by atoms with Crippen molar-refractivity contribution >= 4 is 33.2 Å². The summed E-state index contributed by atoms with van der Waals surface area (Å²) in [6, 6.07) is 3.29. The quantitative estimate of drug-likeness (QED) is 0.793. The van der Waals surface area contributed by atoms with Gasteiger partial charge in [0.15, 0.2) is 0 Å². The summed E-state index contributed by atoms with van der Waals surface area (Å²) >= 11 is 1.18. The van der Waals surface area contributed by atoms with Gasteiger partial charge in [0.25, 0.3) is 10.0 Å². The highest BCUT2D eigenvalue weighted by molar-refractivity contribution is 7.91. The normalized spacial score (nSPS) is 19.0. The molecule has 1 N–H and O–H groups in total. The van der Waals surface area contributed by atoms with Crippen molar-refractivity contribution in [1.29, 1.82) is 0 Å². The summed E-state index contributed by atoms with van der Waals surface area (Å²) in [5.74, 6) is -0.824. The number of amides is 2. The largest absolute Gasteiger partial charge is 0.352 e. The Morgan fingerprint density at radius 2 is 2.16 bits per heavy atom. The number of hydrogen-bond acceptors (Lipinski definition) is 5. The van der Waals surface area contributed by atoms with E-state index in [9.17, 15) is 18.0 Å². The van der Waals surface area contributed by atoms with Crippen LogP contribution in [0.4, 0.5) is 0 Å². The Morgan fingerprint density at radius 1 is 1.44 bits per heavy atom. The van der Waals surface area contributed by atoms with Crippen molar-refractivity contribution in [2.45, 2.75) is 36.9 Å². The maximum atomic E-state index is 12.6. The van der Waals surface area contributed by atoms with Gasteiger partial charge in [-0.1, -0.05) is 6.07 Å². The van der Waals surface area contributed by atoms with Crippen molar-refractivity contribution in [2.24, 2.45) is 5.92 Å². The zero-order valence-corrected chi connectivity index (χ0v) is 16.4. The van der Waals surface area contributed by atoms with Gasteiger partial charge in [-0.05, 0) is 38.1 Å². The predicted octanol–water partition coefficient (Wildman–Crippen LogP) is 1.13. The average molecular weight is 388 g/mol. The minimum Gasteiger partial charge on any atom is -0.352 e. The summed E-state index contributed by atoms with van der Waals surface area (Å²) < 4.78 is 26.9. The van der Waals surface area contributed by atoms with E-state index >= 15 is 0 Å². The predicted molar refractivity (Wildman–Crippen MR) is 96.7 cm³/mol. The third-order valence-corrected chi connectivity index (χ3v) is 7.27. The summed E-state index contributed by atoms with van der Waals surface area (Å²) in [6.45, 7) is 4.27. The van der Waals surface area contributed by atoms with E-state index in [0.717, 1.165) is 0 Å². The van der Waals surface area contributed by atoms with Crippen molar-refractivity contribution in [3.63, 3.8) is 0 Å². The van der Waals surface area contributed by atoms with Crippen molar-refractivity contribution in [1.82, 2.24) is 14.5 Å². The Balaban J connectivity index is 2.00. The van der Waals surface area contributed by atoms with Crippen LogP contribution in [0.2, 0.25) is 0 Å². The Hall–Kier alpha value is -1.45. The van der Waals surface area contributed by atoms with E-state index in [1.165, 1.54) is 20.5 Å². The van der Waals surface area contributed by atoms with Gasteiger partial charge >= 0.3 is 0 Å². The first-order valence-corrected chi connectivity index (χ1v) is 10.6. The van der Waals surface area contributed by atoms with Gasteiger partial charge in [-0.15, -0.1) is 11.3 Å². The van der Waals surface area contributed by atoms with Crippen LogP contribution < -0.4 is 5.32 Å². The van der Waals surface area contributed by atoms with Gasteiger partial charge in [0.1, 0.15) is 4.21 Å². The maximum Gasteiger partial charge on any atom is 0.252 e. The first-order valence-electron chi connectivity index (χ1n) is 8.30. The average Bonchev–Trinajstić information content (AvgIpc) is 3.08. The molecule has 140 valence electrons. The number of sulfonamides is 1. The second-order valence-corrected chi connectivity index (χ2v) is 9.66. The van der Waals surface area contributed by atoms with Crippen LogP contribution in [0.25, 0.3) is 0 Å². The molecule has 2 rings (SSSR count). The van der Waals surface area contributed by atoms with Crippen LogP contribution in [0.15, 0.2) is 21.7 Å². The summed E-state index contributed by atoms with van der Waals surface area (Å²) in [4.78, 5) is 25.8. The van der Waals surface area contributed by atoms with Gasteiger partial charge in [-0.25, -0.2) is 8.42 Å². The lowest BCUT2D eigenvalue weighted by Crippen LogP contribution is -2.48. The molecule has 0 unspecified atom stereocenters. The third kappa shape index (κ3) is 5.02. The third-order valence-electron chi connectivity index (χ3n) is 4.03. The van der Waals surface area contributed by atoms with Crippen molar-refractivity contribution in [3.05, 3.63) is 17.5 Å². The van der Waals surface area contributed by atoms with Gasteiger partial charge in [-0.3, -0.25) is 9.59 Å². The summed E-state index contributed by atoms with van der Waals surface area (Å²) in [5, 5.41) is 4.47. The Kier molecular flexibility index (Phi) is 6.59. The smallest absolute Gasteiger partial charge is 0.252 e. The molecule has 0 spiro atoms. The second-order valence-electron chi connectivity index (χ2n) is 6.55. The fourth-order valence-electron chi connectivity index (χ4n) is 2.87. The summed E-state index contributed by atoms with van der Waals surface area (Å²) in [6.07, 6.45) is 1.26. The molecule has 0 saturated carbocycles. The van der Waals surface area contributed by atoms with E-state index in [1.807, 2.05) is 13.8 Å². The van der Waals surface area contributed by atoms with E-state index in [1.54, 1.807) is 24.6 Å². The first-order chi connectivity index (χ1) is 11.7. The molecule has 1 fully saturated rings. The molecule has 1 saturated heterocycles. The minimum atomic E-state index is -3.55. The monoisotopic (exact) mass is 387 g/mol. The highest BCUT2D eigenvalue weighted by Crippen LogP contribution is 2.27. The van der Waals surface area contributed by atoms with Crippen LogP contribution in [-0.2, 0) is 19.6 Å². The van der Waals surface area contributed by atoms with Crippen LogP contribution >= 0.6 is 11.3 Å². The number of hydrogen-bond donors (Lipinski definition) is 1. The minimum absolute atomic E-state index is 0.0112. The Labute approximate surface area is 153 Å². The van der Waals surface area contributed by atoms with Gasteiger partial charge in [-0.2, -0.15) is 4.31 Å². The number of thiophene rings is 1. The molecule has 25 heavy (non-hydrogen) atoms. The molecular weight excluding hydrogens is 362 g/mol. The van der Waals surface area contributed by atoms with Crippen LogP contribution in [0.5, 0.6) is 0 Å². The van der Waals surface area contributed by atoms with Crippen LogP contribution in [0.3, 0.4) is 0 Å². The molecule has 1 atom stereocenters. The van der Waals surface area contributed by atoms with Crippen molar-refractivity contribution in [2.75, 3.05) is 26.7 Å².